The maximum Gasteiger partial charge on any atom is 0.242 e. The van der Waals surface area contributed by atoms with Gasteiger partial charge in [-0.15, -0.1) is 11.8 Å². The van der Waals surface area contributed by atoms with Crippen LogP contribution in [0.2, 0.25) is 5.02 Å². The standard InChI is InChI=1S/C35H36BrClN4O3S/c1-3-4-31(42)39-15-17-40(18-16-39)34(44)35(45-27-12-5-23(2)6-13-27)20-32(43)41(22-24-7-9-25(36)10-8-24)33(35)29-21-38-30-19-26(37)11-14-28(29)30/h5-14,19,21,33,38H,3-4,15-18,20,22H2,1-2H3/t33-,35-/m0/s1. The highest BCUT2D eigenvalue weighted by Gasteiger charge is 2.59. The summed E-state index contributed by atoms with van der Waals surface area (Å²) in [4.78, 5) is 51.9. The molecular weight excluding hydrogens is 672 g/mol. The van der Waals surface area contributed by atoms with Crippen molar-refractivity contribution < 1.29 is 14.4 Å². The predicted octanol–water partition coefficient (Wildman–Crippen LogP) is 7.37. The Hall–Kier alpha value is -3.27. The van der Waals surface area contributed by atoms with Crippen molar-refractivity contribution in [2.45, 2.75) is 55.3 Å². The molecule has 0 spiro atoms. The van der Waals surface area contributed by atoms with Gasteiger partial charge in [0.05, 0.1) is 12.5 Å². The third-order valence-corrected chi connectivity index (χ3v) is 11.0. The van der Waals surface area contributed by atoms with Crippen LogP contribution in [0.4, 0.5) is 0 Å². The molecule has 2 atom stereocenters. The minimum absolute atomic E-state index is 0.0564. The quantitative estimate of drug-likeness (QED) is 0.208. The number of aromatic nitrogens is 1. The van der Waals surface area contributed by atoms with Crippen LogP contribution in [0.15, 0.2) is 82.3 Å². The number of aryl methyl sites for hydroxylation is 1. The number of hydrogen-bond acceptors (Lipinski definition) is 4. The topological polar surface area (TPSA) is 76.7 Å². The Morgan fingerprint density at radius 2 is 1.69 bits per heavy atom. The number of nitrogens with one attached hydrogen (secondary N) is 1. The Morgan fingerprint density at radius 1 is 1.00 bits per heavy atom. The van der Waals surface area contributed by atoms with Crippen LogP contribution in [0.1, 0.15) is 48.9 Å². The lowest BCUT2D eigenvalue weighted by atomic mass is 9.90. The minimum atomic E-state index is -1.15. The summed E-state index contributed by atoms with van der Waals surface area (Å²) in [6.07, 6.45) is 3.29. The van der Waals surface area contributed by atoms with Crippen LogP contribution >= 0.6 is 39.3 Å². The number of fused-ring (bicyclic) bond motifs is 1. The summed E-state index contributed by atoms with van der Waals surface area (Å²) in [5.41, 5.74) is 3.84. The van der Waals surface area contributed by atoms with Crippen molar-refractivity contribution in [3.8, 4) is 0 Å². The maximum absolute atomic E-state index is 15.1. The normalized spacial score (nSPS) is 20.3. The molecule has 2 fully saturated rings. The largest absolute Gasteiger partial charge is 0.361 e. The van der Waals surface area contributed by atoms with Gasteiger partial charge in [-0.25, -0.2) is 0 Å². The minimum Gasteiger partial charge on any atom is -0.361 e. The first-order valence-corrected chi connectivity index (χ1v) is 17.3. The van der Waals surface area contributed by atoms with E-state index >= 15 is 4.79 Å². The zero-order valence-electron chi connectivity index (χ0n) is 25.4. The fourth-order valence-electron chi connectivity index (χ4n) is 6.49. The molecule has 3 heterocycles. The van der Waals surface area contributed by atoms with Gasteiger partial charge in [-0.05, 0) is 55.3 Å². The van der Waals surface area contributed by atoms with Crippen molar-refractivity contribution in [2.24, 2.45) is 0 Å². The van der Waals surface area contributed by atoms with Gasteiger partial charge in [0.15, 0.2) is 0 Å². The number of benzene rings is 3. The van der Waals surface area contributed by atoms with Crippen LogP contribution in [-0.4, -0.2) is 68.3 Å². The van der Waals surface area contributed by atoms with E-state index < -0.39 is 10.8 Å². The van der Waals surface area contributed by atoms with Crippen LogP contribution in [0.25, 0.3) is 10.9 Å². The molecule has 45 heavy (non-hydrogen) atoms. The van der Waals surface area contributed by atoms with Crippen molar-refractivity contribution in [3.63, 3.8) is 0 Å². The predicted molar refractivity (Wildman–Crippen MR) is 183 cm³/mol. The number of hydrogen-bond donors (Lipinski definition) is 1. The number of likely N-dealkylation sites (tertiary alicyclic amines) is 1. The second-order valence-corrected chi connectivity index (χ2v) is 14.6. The highest BCUT2D eigenvalue weighted by molar-refractivity contribution is 9.10. The van der Waals surface area contributed by atoms with Gasteiger partial charge >= 0.3 is 0 Å². The monoisotopic (exact) mass is 706 g/mol. The van der Waals surface area contributed by atoms with E-state index in [4.69, 9.17) is 11.6 Å². The fraction of sp³-hybridized carbons (Fsp3) is 0.343. The zero-order valence-corrected chi connectivity index (χ0v) is 28.6. The van der Waals surface area contributed by atoms with Crippen molar-refractivity contribution in [3.05, 3.63) is 99.1 Å². The summed E-state index contributed by atoms with van der Waals surface area (Å²) in [6, 6.07) is 21.2. The highest BCUT2D eigenvalue weighted by atomic mass is 79.9. The Kier molecular flexibility index (Phi) is 9.32. The molecule has 0 saturated carbocycles. The van der Waals surface area contributed by atoms with Crippen LogP contribution in [0, 0.1) is 6.92 Å². The van der Waals surface area contributed by atoms with E-state index in [1.54, 1.807) is 0 Å². The van der Waals surface area contributed by atoms with Crippen LogP contribution in [0.5, 0.6) is 0 Å². The number of halogens is 2. The van der Waals surface area contributed by atoms with Gasteiger partial charge in [-0.2, -0.15) is 0 Å². The highest BCUT2D eigenvalue weighted by Crippen LogP contribution is 2.55. The zero-order chi connectivity index (χ0) is 31.7. The summed E-state index contributed by atoms with van der Waals surface area (Å²) < 4.78 is -0.188. The Morgan fingerprint density at radius 3 is 2.38 bits per heavy atom. The number of carbonyl (C=O) groups excluding carboxylic acids is 3. The van der Waals surface area contributed by atoms with Gasteiger partial charge in [-0.1, -0.05) is 70.3 Å². The number of H-pyrrole nitrogens is 1. The van der Waals surface area contributed by atoms with Gasteiger partial charge in [0.1, 0.15) is 4.75 Å². The molecule has 2 aliphatic heterocycles. The molecule has 234 valence electrons. The smallest absolute Gasteiger partial charge is 0.242 e. The van der Waals surface area contributed by atoms with Crippen molar-refractivity contribution in [1.29, 1.82) is 0 Å². The summed E-state index contributed by atoms with van der Waals surface area (Å²) in [6.45, 7) is 6.24. The number of piperazine rings is 1. The number of aromatic amines is 1. The fourth-order valence-corrected chi connectivity index (χ4v) is 8.40. The molecule has 4 aromatic rings. The molecular formula is C35H36BrClN4O3S. The first-order chi connectivity index (χ1) is 21.7. The Labute approximate surface area is 281 Å². The molecule has 3 amide bonds. The van der Waals surface area contributed by atoms with Gasteiger partial charge < -0.3 is 19.7 Å². The van der Waals surface area contributed by atoms with E-state index in [0.717, 1.165) is 43.4 Å². The summed E-state index contributed by atoms with van der Waals surface area (Å²) >= 11 is 11.4. The molecule has 2 aliphatic rings. The molecule has 0 bridgehead atoms. The average molecular weight is 708 g/mol. The van der Waals surface area contributed by atoms with Crippen molar-refractivity contribution in [2.75, 3.05) is 26.2 Å². The lowest BCUT2D eigenvalue weighted by molar-refractivity contribution is -0.141. The number of thioether (sulfide) groups is 1. The van der Waals surface area contributed by atoms with E-state index in [9.17, 15) is 9.59 Å². The lowest BCUT2D eigenvalue weighted by Crippen LogP contribution is -2.57. The maximum atomic E-state index is 15.1. The van der Waals surface area contributed by atoms with E-state index in [1.165, 1.54) is 11.8 Å². The number of carbonyl (C=O) groups is 3. The van der Waals surface area contributed by atoms with E-state index in [-0.39, 0.29) is 24.1 Å². The number of amides is 3. The lowest BCUT2D eigenvalue weighted by Gasteiger charge is -2.42. The second kappa shape index (κ2) is 13.2. The van der Waals surface area contributed by atoms with Gasteiger partial charge in [0, 0.05) is 76.2 Å². The first-order valence-electron chi connectivity index (χ1n) is 15.3. The van der Waals surface area contributed by atoms with Gasteiger partial charge in [-0.3, -0.25) is 14.4 Å². The summed E-state index contributed by atoms with van der Waals surface area (Å²) in [5, 5.41) is 1.54. The van der Waals surface area contributed by atoms with Crippen molar-refractivity contribution >= 4 is 67.9 Å². The molecule has 2 saturated heterocycles. The third kappa shape index (κ3) is 6.40. The molecule has 7 nitrogen and oxygen atoms in total. The molecule has 10 heteroatoms. The molecule has 0 radical (unpaired) electrons. The average Bonchev–Trinajstić information content (AvgIpc) is 3.56. The molecule has 0 unspecified atom stereocenters. The molecule has 3 aromatic carbocycles. The first kappa shape index (κ1) is 31.7. The second-order valence-electron chi connectivity index (χ2n) is 11.9. The van der Waals surface area contributed by atoms with E-state index in [2.05, 4.69) is 20.9 Å². The van der Waals surface area contributed by atoms with Crippen LogP contribution < -0.4 is 0 Å². The SMILES string of the molecule is CCCC(=O)N1CCN(C(=O)[C@]2(Sc3ccc(C)cc3)CC(=O)N(Cc3ccc(Br)cc3)[C@H]2c2c[nH]c3cc(Cl)ccc23)CC1. The molecule has 0 aliphatic carbocycles. The number of nitrogens with zero attached hydrogens (tertiary/aromatic N) is 3. The molecule has 1 aromatic heterocycles. The summed E-state index contributed by atoms with van der Waals surface area (Å²) in [7, 11) is 0. The van der Waals surface area contributed by atoms with E-state index in [1.807, 2.05) is 101 Å². The van der Waals surface area contributed by atoms with Crippen molar-refractivity contribution in [1.82, 2.24) is 19.7 Å². The Balaban J connectivity index is 1.46. The molecule has 1 N–H and O–H groups in total. The van der Waals surface area contributed by atoms with Gasteiger partial charge in [0.25, 0.3) is 0 Å². The third-order valence-electron chi connectivity index (χ3n) is 8.79. The summed E-state index contributed by atoms with van der Waals surface area (Å²) in [5.74, 6) is -0.0213. The van der Waals surface area contributed by atoms with Crippen LogP contribution in [-0.2, 0) is 20.9 Å². The van der Waals surface area contributed by atoms with Gasteiger partial charge in [0.2, 0.25) is 17.7 Å². The Bertz CT molecular complexity index is 1720. The van der Waals surface area contributed by atoms with E-state index in [0.29, 0.717) is 44.2 Å². The van der Waals surface area contributed by atoms with Crippen LogP contribution in [0.3, 0.4) is 0 Å². The number of rotatable bonds is 8. The molecule has 6 rings (SSSR count).